The van der Waals surface area contributed by atoms with Crippen molar-refractivity contribution < 1.29 is 14.6 Å². The molecule has 23 heavy (non-hydrogen) atoms. The summed E-state index contributed by atoms with van der Waals surface area (Å²) in [6.07, 6.45) is 7.64. The Balaban J connectivity index is 1.57. The summed E-state index contributed by atoms with van der Waals surface area (Å²) in [5, 5.41) is 14.2. The first-order valence-corrected chi connectivity index (χ1v) is 9.35. The van der Waals surface area contributed by atoms with E-state index >= 15 is 0 Å². The Hall–Kier alpha value is -1.34. The maximum absolute atomic E-state index is 12.3. The van der Waals surface area contributed by atoms with Crippen molar-refractivity contribution in [2.75, 3.05) is 31.6 Å². The first kappa shape index (κ1) is 16.5. The number of hydrogen-bond donors (Lipinski definition) is 2. The van der Waals surface area contributed by atoms with E-state index in [1.807, 2.05) is 0 Å². The van der Waals surface area contributed by atoms with Crippen LogP contribution in [0.25, 0.3) is 0 Å². The van der Waals surface area contributed by atoms with Gasteiger partial charge in [0, 0.05) is 19.1 Å². The second-order valence-corrected chi connectivity index (χ2v) is 7.35. The molecule has 1 saturated heterocycles. The lowest BCUT2D eigenvalue weighted by Crippen LogP contribution is -2.41. The quantitative estimate of drug-likeness (QED) is 0.824. The van der Waals surface area contributed by atoms with Crippen LogP contribution in [0, 0.1) is 0 Å². The molecule has 0 atom stereocenters. The van der Waals surface area contributed by atoms with Gasteiger partial charge in [0.15, 0.2) is 5.13 Å². The third-order valence-corrected chi connectivity index (χ3v) is 5.51. The van der Waals surface area contributed by atoms with Crippen LogP contribution in [-0.2, 0) is 16.0 Å². The number of aromatic hydroxyl groups is 1. The van der Waals surface area contributed by atoms with E-state index in [0.717, 1.165) is 18.0 Å². The van der Waals surface area contributed by atoms with E-state index in [4.69, 9.17) is 4.74 Å². The fourth-order valence-corrected chi connectivity index (χ4v) is 4.10. The average molecular weight is 339 g/mol. The van der Waals surface area contributed by atoms with Gasteiger partial charge in [-0.3, -0.25) is 4.79 Å². The third-order valence-electron chi connectivity index (χ3n) is 4.54. The highest BCUT2D eigenvalue weighted by Gasteiger charge is 2.21. The zero-order valence-electron chi connectivity index (χ0n) is 13.4. The highest BCUT2D eigenvalue weighted by atomic mass is 32.1. The summed E-state index contributed by atoms with van der Waals surface area (Å²) in [5.74, 6) is 0.0287. The van der Waals surface area contributed by atoms with E-state index in [-0.39, 0.29) is 18.2 Å². The molecule has 0 bridgehead atoms. The molecule has 0 spiro atoms. The van der Waals surface area contributed by atoms with Gasteiger partial charge in [0.2, 0.25) is 11.8 Å². The van der Waals surface area contributed by atoms with Gasteiger partial charge >= 0.3 is 0 Å². The molecule has 2 heterocycles. The normalized spacial score (nSPS) is 20.3. The molecule has 6 nitrogen and oxygen atoms in total. The summed E-state index contributed by atoms with van der Waals surface area (Å²) in [6, 6.07) is 0.436. The molecule has 2 aliphatic rings. The van der Waals surface area contributed by atoms with Crippen LogP contribution in [0.15, 0.2) is 0 Å². The molecule has 3 rings (SSSR count). The van der Waals surface area contributed by atoms with E-state index < -0.39 is 0 Å². The molecule has 1 aromatic heterocycles. The smallest absolute Gasteiger partial charge is 0.228 e. The standard InChI is InChI=1S/C16H25N3O3S/c20-14(19-7-9-22-10-8-19)11-13-15(21)18-16(23-13)17-12-5-3-1-2-4-6-12/h12,21H,1-11H2,(H,17,18). The molecule has 1 amide bonds. The van der Waals surface area contributed by atoms with Gasteiger partial charge in [-0.25, -0.2) is 0 Å². The minimum Gasteiger partial charge on any atom is -0.492 e. The highest BCUT2D eigenvalue weighted by molar-refractivity contribution is 7.16. The molecule has 1 aliphatic heterocycles. The predicted molar refractivity (Wildman–Crippen MR) is 90.0 cm³/mol. The molecule has 0 aromatic carbocycles. The van der Waals surface area contributed by atoms with Gasteiger partial charge in [-0.05, 0) is 12.8 Å². The molecule has 7 heteroatoms. The number of carbonyl (C=O) groups excluding carboxylic acids is 1. The van der Waals surface area contributed by atoms with Crippen molar-refractivity contribution in [3.8, 4) is 5.88 Å². The average Bonchev–Trinajstić information content (AvgIpc) is 2.76. The number of hydrogen-bond acceptors (Lipinski definition) is 6. The van der Waals surface area contributed by atoms with Crippen molar-refractivity contribution in [1.82, 2.24) is 9.88 Å². The number of ether oxygens (including phenoxy) is 1. The summed E-state index contributed by atoms with van der Waals surface area (Å²) in [5.41, 5.74) is 0. The number of carbonyl (C=O) groups is 1. The van der Waals surface area contributed by atoms with Gasteiger partial charge in [0.25, 0.3) is 0 Å². The van der Waals surface area contributed by atoms with Gasteiger partial charge in [-0.1, -0.05) is 37.0 Å². The monoisotopic (exact) mass is 339 g/mol. The Bertz CT molecular complexity index is 521. The SMILES string of the molecule is O=C(Cc1sc(NC2CCCCCC2)nc1O)N1CCOCC1. The van der Waals surface area contributed by atoms with Gasteiger partial charge in [-0.2, -0.15) is 4.98 Å². The lowest BCUT2D eigenvalue weighted by Gasteiger charge is -2.26. The van der Waals surface area contributed by atoms with Crippen LogP contribution in [0.1, 0.15) is 43.4 Å². The summed E-state index contributed by atoms with van der Waals surface area (Å²) in [6.45, 7) is 2.45. The summed E-state index contributed by atoms with van der Waals surface area (Å²) >= 11 is 1.40. The fourth-order valence-electron chi connectivity index (χ4n) is 3.18. The van der Waals surface area contributed by atoms with E-state index in [1.165, 1.54) is 37.0 Å². The number of rotatable bonds is 4. The number of aromatic nitrogens is 1. The number of nitrogens with one attached hydrogen (secondary N) is 1. The van der Waals surface area contributed by atoms with Gasteiger partial charge in [0.05, 0.1) is 24.5 Å². The zero-order chi connectivity index (χ0) is 16.1. The van der Waals surface area contributed by atoms with Crippen LogP contribution >= 0.6 is 11.3 Å². The maximum atomic E-state index is 12.3. The van der Waals surface area contributed by atoms with Crippen LogP contribution in [0.2, 0.25) is 0 Å². The van der Waals surface area contributed by atoms with Crippen molar-refractivity contribution in [3.63, 3.8) is 0 Å². The van der Waals surface area contributed by atoms with Crippen LogP contribution in [0.3, 0.4) is 0 Å². The Morgan fingerprint density at radius 3 is 2.65 bits per heavy atom. The lowest BCUT2D eigenvalue weighted by atomic mass is 10.1. The molecule has 2 fully saturated rings. The van der Waals surface area contributed by atoms with Gasteiger partial charge in [-0.15, -0.1) is 0 Å². The second kappa shape index (κ2) is 7.97. The topological polar surface area (TPSA) is 74.7 Å². The van der Waals surface area contributed by atoms with Crippen molar-refractivity contribution in [3.05, 3.63) is 4.88 Å². The Morgan fingerprint density at radius 2 is 1.96 bits per heavy atom. The van der Waals surface area contributed by atoms with Crippen molar-refractivity contribution >= 4 is 22.4 Å². The second-order valence-electron chi connectivity index (χ2n) is 6.27. The lowest BCUT2D eigenvalue weighted by molar-refractivity contribution is -0.134. The van der Waals surface area contributed by atoms with Crippen molar-refractivity contribution in [2.24, 2.45) is 0 Å². The Morgan fingerprint density at radius 1 is 1.26 bits per heavy atom. The molecule has 0 unspecified atom stereocenters. The van der Waals surface area contributed by atoms with Crippen LogP contribution in [-0.4, -0.2) is 53.2 Å². The highest BCUT2D eigenvalue weighted by Crippen LogP contribution is 2.31. The number of morpholine rings is 1. The zero-order valence-corrected chi connectivity index (χ0v) is 14.2. The molecule has 1 saturated carbocycles. The first-order chi connectivity index (χ1) is 11.2. The van der Waals surface area contributed by atoms with E-state index in [2.05, 4.69) is 10.3 Å². The first-order valence-electron chi connectivity index (χ1n) is 8.53. The van der Waals surface area contributed by atoms with E-state index in [0.29, 0.717) is 37.2 Å². The van der Waals surface area contributed by atoms with Crippen LogP contribution in [0.4, 0.5) is 5.13 Å². The number of anilines is 1. The minimum absolute atomic E-state index is 0.00673. The fraction of sp³-hybridized carbons (Fsp3) is 0.750. The molecule has 128 valence electrons. The van der Waals surface area contributed by atoms with Gasteiger partial charge < -0.3 is 20.1 Å². The number of amides is 1. The Kier molecular flexibility index (Phi) is 5.72. The van der Waals surface area contributed by atoms with Crippen LogP contribution in [0.5, 0.6) is 5.88 Å². The number of thiazole rings is 1. The van der Waals surface area contributed by atoms with Crippen LogP contribution < -0.4 is 5.32 Å². The summed E-state index contributed by atoms with van der Waals surface area (Å²) in [4.78, 5) is 18.9. The third kappa shape index (κ3) is 4.57. The largest absolute Gasteiger partial charge is 0.492 e. The summed E-state index contributed by atoms with van der Waals surface area (Å²) in [7, 11) is 0. The van der Waals surface area contributed by atoms with E-state index in [9.17, 15) is 9.90 Å². The number of nitrogens with zero attached hydrogens (tertiary/aromatic N) is 2. The van der Waals surface area contributed by atoms with Gasteiger partial charge in [0.1, 0.15) is 0 Å². The molecular weight excluding hydrogens is 314 g/mol. The van der Waals surface area contributed by atoms with Crippen molar-refractivity contribution in [2.45, 2.75) is 51.0 Å². The minimum atomic E-state index is -0.00673. The Labute approximate surface area is 140 Å². The molecule has 1 aromatic rings. The maximum Gasteiger partial charge on any atom is 0.228 e. The molecule has 2 N–H and O–H groups in total. The van der Waals surface area contributed by atoms with E-state index in [1.54, 1.807) is 4.90 Å². The summed E-state index contributed by atoms with van der Waals surface area (Å²) < 4.78 is 5.26. The molecule has 0 radical (unpaired) electrons. The van der Waals surface area contributed by atoms with Crippen molar-refractivity contribution in [1.29, 1.82) is 0 Å². The molecule has 1 aliphatic carbocycles. The molecular formula is C16H25N3O3S. The predicted octanol–water partition coefficient (Wildman–Crippen LogP) is 2.38.